The molecular formula is C25H26N8O2. The molecule has 1 aromatic carbocycles. The van der Waals surface area contributed by atoms with Gasteiger partial charge in [0.15, 0.2) is 5.60 Å². The maximum Gasteiger partial charge on any atom is 0.226 e. The second-order valence-electron chi connectivity index (χ2n) is 10.2. The van der Waals surface area contributed by atoms with Crippen LogP contribution in [0.2, 0.25) is 0 Å². The number of likely N-dealkylation sites (tertiary alicyclic amines) is 1. The summed E-state index contributed by atoms with van der Waals surface area (Å²) in [4.78, 5) is 29.8. The SMILES string of the molecule is O=C([C@@H]1CCc2[nH]nnc2C1)N1CC2(CC(c3cnc(NC4Cc5ccccc5C4)nc3)=NO2)C1. The van der Waals surface area contributed by atoms with E-state index in [4.69, 9.17) is 4.84 Å². The van der Waals surface area contributed by atoms with E-state index in [0.29, 0.717) is 37.9 Å². The minimum atomic E-state index is -0.425. The van der Waals surface area contributed by atoms with Crippen molar-refractivity contribution in [3.63, 3.8) is 0 Å². The monoisotopic (exact) mass is 470 g/mol. The number of nitrogens with one attached hydrogen (secondary N) is 2. The van der Waals surface area contributed by atoms with Gasteiger partial charge in [0.2, 0.25) is 11.9 Å². The van der Waals surface area contributed by atoms with Gasteiger partial charge in [-0.3, -0.25) is 9.89 Å². The summed E-state index contributed by atoms with van der Waals surface area (Å²) in [7, 11) is 0. The number of aromatic nitrogens is 5. The largest absolute Gasteiger partial charge is 0.385 e. The molecule has 1 spiro atoms. The molecule has 35 heavy (non-hydrogen) atoms. The fourth-order valence-corrected chi connectivity index (χ4v) is 5.80. The molecule has 1 amide bonds. The molecule has 2 N–H and O–H groups in total. The van der Waals surface area contributed by atoms with E-state index < -0.39 is 5.60 Å². The zero-order valence-corrected chi connectivity index (χ0v) is 19.3. The minimum absolute atomic E-state index is 0.0344. The molecule has 0 radical (unpaired) electrons. The molecule has 7 rings (SSSR count). The van der Waals surface area contributed by atoms with Crippen LogP contribution < -0.4 is 5.32 Å². The van der Waals surface area contributed by atoms with Crippen LogP contribution in [0.3, 0.4) is 0 Å². The van der Waals surface area contributed by atoms with Crippen LogP contribution in [0.25, 0.3) is 0 Å². The first-order chi connectivity index (χ1) is 17.1. The fraction of sp³-hybridized carbons (Fsp3) is 0.440. The first-order valence-corrected chi connectivity index (χ1v) is 12.2. The lowest BCUT2D eigenvalue weighted by molar-refractivity contribution is -0.166. The van der Waals surface area contributed by atoms with Gasteiger partial charge < -0.3 is 15.1 Å². The number of rotatable bonds is 4. The lowest BCUT2D eigenvalue weighted by atomic mass is 9.83. The molecule has 2 aliphatic carbocycles. The van der Waals surface area contributed by atoms with Gasteiger partial charge in [0.05, 0.1) is 30.2 Å². The molecule has 10 heteroatoms. The summed E-state index contributed by atoms with van der Waals surface area (Å²) in [5.74, 6) is 0.769. The van der Waals surface area contributed by atoms with Gasteiger partial charge in [-0.1, -0.05) is 34.6 Å². The quantitative estimate of drug-likeness (QED) is 0.595. The van der Waals surface area contributed by atoms with Crippen molar-refractivity contribution in [2.24, 2.45) is 11.1 Å². The van der Waals surface area contributed by atoms with E-state index >= 15 is 0 Å². The third-order valence-corrected chi connectivity index (χ3v) is 7.71. The zero-order valence-electron chi connectivity index (χ0n) is 19.3. The Morgan fingerprint density at radius 3 is 2.66 bits per heavy atom. The normalized spacial score (nSPS) is 22.2. The van der Waals surface area contributed by atoms with Crippen molar-refractivity contribution in [1.29, 1.82) is 0 Å². The van der Waals surface area contributed by atoms with Crippen molar-refractivity contribution in [3.8, 4) is 0 Å². The maximum atomic E-state index is 13.0. The molecule has 2 aromatic heterocycles. The Balaban J connectivity index is 0.932. The summed E-state index contributed by atoms with van der Waals surface area (Å²) in [6, 6.07) is 8.86. The Kier molecular flexibility index (Phi) is 4.61. The van der Waals surface area contributed by atoms with E-state index in [9.17, 15) is 4.79 Å². The highest BCUT2D eigenvalue weighted by Gasteiger charge is 2.52. The first kappa shape index (κ1) is 20.5. The smallest absolute Gasteiger partial charge is 0.226 e. The molecule has 4 heterocycles. The molecule has 1 fully saturated rings. The van der Waals surface area contributed by atoms with Crippen LogP contribution in [-0.4, -0.2) is 66.6 Å². The topological polar surface area (TPSA) is 121 Å². The van der Waals surface area contributed by atoms with Crippen molar-refractivity contribution >= 4 is 17.6 Å². The number of hydrogen-bond acceptors (Lipinski definition) is 8. The van der Waals surface area contributed by atoms with Crippen molar-refractivity contribution in [2.45, 2.75) is 50.2 Å². The number of H-pyrrole nitrogens is 1. The zero-order chi connectivity index (χ0) is 23.4. The average molecular weight is 471 g/mol. The van der Waals surface area contributed by atoms with E-state index in [-0.39, 0.29) is 11.8 Å². The van der Waals surface area contributed by atoms with Crippen molar-refractivity contribution in [1.82, 2.24) is 30.3 Å². The molecule has 2 aliphatic heterocycles. The summed E-state index contributed by atoms with van der Waals surface area (Å²) in [5.41, 5.74) is 6.03. The second kappa shape index (κ2) is 7.86. The van der Waals surface area contributed by atoms with Crippen molar-refractivity contribution in [3.05, 3.63) is 64.7 Å². The summed E-state index contributed by atoms with van der Waals surface area (Å²) in [6.07, 6.45) is 8.53. The number of aryl methyl sites for hydroxylation is 1. The number of oxime groups is 1. The molecule has 1 saturated heterocycles. The fourth-order valence-electron chi connectivity index (χ4n) is 5.80. The Labute approximate surface area is 202 Å². The van der Waals surface area contributed by atoms with Gasteiger partial charge in [0.1, 0.15) is 0 Å². The number of carbonyl (C=O) groups is 1. The number of benzene rings is 1. The molecule has 178 valence electrons. The highest BCUT2D eigenvalue weighted by Crippen LogP contribution is 2.37. The van der Waals surface area contributed by atoms with E-state index in [1.165, 1.54) is 11.1 Å². The predicted molar refractivity (Wildman–Crippen MR) is 127 cm³/mol. The number of hydrogen-bond donors (Lipinski definition) is 2. The number of amides is 1. The van der Waals surface area contributed by atoms with Crippen molar-refractivity contribution < 1.29 is 9.63 Å². The van der Waals surface area contributed by atoms with Crippen LogP contribution in [0.4, 0.5) is 5.95 Å². The highest BCUT2D eigenvalue weighted by atomic mass is 16.7. The molecular weight excluding hydrogens is 444 g/mol. The molecule has 0 bridgehead atoms. The standard InChI is InChI=1S/C25H26N8O2/c34-23(17-5-6-20-21(9-17)30-32-29-20)33-13-25(14-33)10-22(31-35-25)18-11-26-24(27-12-18)28-19-7-15-3-1-2-4-16(15)8-19/h1-4,11-12,17,19H,5-10,13-14H2,(H,26,27,28)(H,29,30,32)/t17-/m1/s1. The number of nitrogens with zero attached hydrogens (tertiary/aromatic N) is 6. The first-order valence-electron chi connectivity index (χ1n) is 12.2. The van der Waals surface area contributed by atoms with Crippen LogP contribution in [0.1, 0.15) is 40.9 Å². The van der Waals surface area contributed by atoms with Crippen molar-refractivity contribution in [2.75, 3.05) is 18.4 Å². The van der Waals surface area contributed by atoms with E-state index in [1.54, 1.807) is 12.4 Å². The minimum Gasteiger partial charge on any atom is -0.385 e. The number of aromatic amines is 1. The number of fused-ring (bicyclic) bond motifs is 2. The third-order valence-electron chi connectivity index (χ3n) is 7.71. The van der Waals surface area contributed by atoms with Crippen LogP contribution in [0.5, 0.6) is 0 Å². The summed E-state index contributed by atoms with van der Waals surface area (Å²) < 4.78 is 0. The van der Waals surface area contributed by atoms with Gasteiger partial charge in [-0.05, 0) is 36.8 Å². The van der Waals surface area contributed by atoms with Gasteiger partial charge in [-0.25, -0.2) is 9.97 Å². The number of anilines is 1. The molecule has 4 aliphatic rings. The second-order valence-corrected chi connectivity index (χ2v) is 10.2. The lowest BCUT2D eigenvalue weighted by Gasteiger charge is -2.46. The highest BCUT2D eigenvalue weighted by molar-refractivity contribution is 6.01. The van der Waals surface area contributed by atoms with Gasteiger partial charge in [0, 0.05) is 42.8 Å². The molecule has 0 unspecified atom stereocenters. The summed E-state index contributed by atoms with van der Waals surface area (Å²) in [6.45, 7) is 1.12. The summed E-state index contributed by atoms with van der Waals surface area (Å²) in [5, 5.41) is 18.7. The van der Waals surface area contributed by atoms with Gasteiger partial charge in [-0.2, -0.15) is 0 Å². The van der Waals surface area contributed by atoms with Gasteiger partial charge in [-0.15, -0.1) is 5.10 Å². The molecule has 3 aromatic rings. The van der Waals surface area contributed by atoms with E-state index in [0.717, 1.165) is 48.3 Å². The van der Waals surface area contributed by atoms with Gasteiger partial charge >= 0.3 is 0 Å². The Morgan fingerprint density at radius 2 is 1.89 bits per heavy atom. The maximum absolute atomic E-state index is 13.0. The Morgan fingerprint density at radius 1 is 1.11 bits per heavy atom. The van der Waals surface area contributed by atoms with E-state index in [2.05, 4.69) is 60.1 Å². The van der Waals surface area contributed by atoms with Crippen LogP contribution in [0, 0.1) is 5.92 Å². The Hall–Kier alpha value is -3.82. The molecule has 10 nitrogen and oxygen atoms in total. The lowest BCUT2D eigenvalue weighted by Crippen LogP contribution is -2.64. The van der Waals surface area contributed by atoms with Crippen LogP contribution >= 0.6 is 0 Å². The number of carbonyl (C=O) groups excluding carboxylic acids is 1. The van der Waals surface area contributed by atoms with Gasteiger partial charge in [0.25, 0.3) is 0 Å². The molecule has 1 atom stereocenters. The third kappa shape index (κ3) is 3.64. The predicted octanol–water partition coefficient (Wildman–Crippen LogP) is 1.68. The average Bonchev–Trinajstić information content (AvgIpc) is 3.60. The molecule has 0 saturated carbocycles. The van der Waals surface area contributed by atoms with Crippen LogP contribution in [0.15, 0.2) is 41.8 Å². The van der Waals surface area contributed by atoms with Crippen LogP contribution in [-0.2, 0) is 35.3 Å². The Bertz CT molecular complexity index is 1290. The summed E-state index contributed by atoms with van der Waals surface area (Å²) >= 11 is 0. The van der Waals surface area contributed by atoms with E-state index in [1.807, 2.05) is 4.90 Å².